The topological polar surface area (TPSA) is 85.7 Å². The first-order valence-electron chi connectivity index (χ1n) is 5.61. The first-order valence-corrected chi connectivity index (χ1v) is 5.61. The van der Waals surface area contributed by atoms with Gasteiger partial charge in [0.25, 0.3) is 0 Å². The number of nitrogens with one attached hydrogen (secondary N) is 1. The van der Waals surface area contributed by atoms with Crippen LogP contribution in [0.5, 0.6) is 0 Å². The number of H-pyrrole nitrogens is 1. The summed E-state index contributed by atoms with van der Waals surface area (Å²) < 4.78 is 6.37. The number of hydrogen-bond acceptors (Lipinski definition) is 5. The number of esters is 1. The van der Waals surface area contributed by atoms with Crippen molar-refractivity contribution in [1.82, 2.24) is 25.0 Å². The number of ether oxygens (including phenoxy) is 1. The lowest BCUT2D eigenvalue weighted by Crippen LogP contribution is -2.01. The van der Waals surface area contributed by atoms with Gasteiger partial charge in [0.2, 0.25) is 0 Å². The van der Waals surface area contributed by atoms with Crippen LogP contribution < -0.4 is 0 Å². The summed E-state index contributed by atoms with van der Waals surface area (Å²) in [6.45, 7) is 0. The van der Waals surface area contributed by atoms with Gasteiger partial charge in [0.05, 0.1) is 24.4 Å². The van der Waals surface area contributed by atoms with Crippen LogP contribution in [0, 0.1) is 0 Å². The average molecular weight is 257 g/mol. The normalized spacial score (nSPS) is 10.8. The maximum Gasteiger partial charge on any atom is 0.356 e. The van der Waals surface area contributed by atoms with Crippen molar-refractivity contribution in [2.45, 2.75) is 0 Å². The number of hydrogen-bond donors (Lipinski definition) is 1. The number of aryl methyl sites for hydroxylation is 1. The number of rotatable bonds is 2. The van der Waals surface area contributed by atoms with Gasteiger partial charge in [-0.25, -0.2) is 9.78 Å². The van der Waals surface area contributed by atoms with E-state index in [9.17, 15) is 4.79 Å². The van der Waals surface area contributed by atoms with Crippen LogP contribution in [-0.2, 0) is 11.8 Å². The molecule has 7 nitrogen and oxygen atoms in total. The Bertz CT molecular complexity index is 758. The van der Waals surface area contributed by atoms with Crippen molar-refractivity contribution >= 4 is 17.0 Å². The van der Waals surface area contributed by atoms with Crippen molar-refractivity contribution in [3.63, 3.8) is 0 Å². The Morgan fingerprint density at radius 1 is 1.42 bits per heavy atom. The van der Waals surface area contributed by atoms with E-state index in [0.29, 0.717) is 16.7 Å². The molecule has 0 atom stereocenters. The molecule has 0 saturated carbocycles. The van der Waals surface area contributed by atoms with Gasteiger partial charge in [-0.05, 0) is 12.1 Å². The predicted octanol–water partition coefficient (Wildman–Crippen LogP) is 1.14. The van der Waals surface area contributed by atoms with Gasteiger partial charge in [0, 0.05) is 18.8 Å². The lowest BCUT2D eigenvalue weighted by molar-refractivity contribution is 0.0596. The van der Waals surface area contributed by atoms with Gasteiger partial charge < -0.3 is 4.74 Å². The van der Waals surface area contributed by atoms with E-state index in [1.54, 1.807) is 16.9 Å². The summed E-state index contributed by atoms with van der Waals surface area (Å²) in [4.78, 5) is 15.9. The molecular weight excluding hydrogens is 246 g/mol. The molecule has 0 spiro atoms. The van der Waals surface area contributed by atoms with E-state index < -0.39 is 5.97 Å². The van der Waals surface area contributed by atoms with E-state index in [1.807, 2.05) is 19.3 Å². The minimum Gasteiger partial charge on any atom is -0.464 e. The number of carbonyl (C=O) groups excluding carboxylic acids is 1. The average Bonchev–Trinajstić information content (AvgIpc) is 3.03. The van der Waals surface area contributed by atoms with Gasteiger partial charge in [-0.1, -0.05) is 0 Å². The van der Waals surface area contributed by atoms with Gasteiger partial charge in [0.1, 0.15) is 0 Å². The summed E-state index contributed by atoms with van der Waals surface area (Å²) in [5.41, 5.74) is 2.43. The van der Waals surface area contributed by atoms with E-state index in [2.05, 4.69) is 25.0 Å². The zero-order valence-corrected chi connectivity index (χ0v) is 10.4. The second-order valence-corrected chi connectivity index (χ2v) is 4.06. The Morgan fingerprint density at radius 2 is 2.26 bits per heavy atom. The summed E-state index contributed by atoms with van der Waals surface area (Å²) in [6, 6.07) is 3.61. The molecule has 96 valence electrons. The summed E-state index contributed by atoms with van der Waals surface area (Å²) in [5.74, 6) is -0.460. The molecule has 7 heteroatoms. The van der Waals surface area contributed by atoms with Crippen LogP contribution in [0.3, 0.4) is 0 Å². The Morgan fingerprint density at radius 3 is 2.95 bits per heavy atom. The molecule has 0 aromatic carbocycles. The monoisotopic (exact) mass is 257 g/mol. The van der Waals surface area contributed by atoms with Crippen molar-refractivity contribution in [3.05, 3.63) is 30.2 Å². The Kier molecular flexibility index (Phi) is 2.52. The Labute approximate surface area is 108 Å². The Balaban J connectivity index is 2.10. The second kappa shape index (κ2) is 4.20. The zero-order valence-electron chi connectivity index (χ0n) is 10.4. The maximum absolute atomic E-state index is 11.5. The van der Waals surface area contributed by atoms with E-state index in [1.165, 1.54) is 7.11 Å². The fourth-order valence-corrected chi connectivity index (χ4v) is 1.87. The first kappa shape index (κ1) is 11.4. The highest BCUT2D eigenvalue weighted by Gasteiger charge is 2.15. The summed E-state index contributed by atoms with van der Waals surface area (Å²) in [7, 11) is 3.17. The fraction of sp³-hybridized carbons (Fsp3) is 0.167. The largest absolute Gasteiger partial charge is 0.464 e. The predicted molar refractivity (Wildman–Crippen MR) is 67.4 cm³/mol. The lowest BCUT2D eigenvalue weighted by Gasteiger charge is -1.97. The van der Waals surface area contributed by atoms with Crippen LogP contribution in [0.25, 0.3) is 22.3 Å². The number of methoxy groups -OCH3 is 1. The molecule has 3 aromatic rings. The number of carbonyl (C=O) groups is 1. The van der Waals surface area contributed by atoms with E-state index in [-0.39, 0.29) is 0 Å². The zero-order chi connectivity index (χ0) is 13.4. The summed E-state index contributed by atoms with van der Waals surface area (Å²) in [6.07, 6.45) is 3.59. The molecule has 0 aliphatic rings. The molecule has 0 fully saturated rings. The highest BCUT2D eigenvalue weighted by Crippen LogP contribution is 2.21. The van der Waals surface area contributed by atoms with Crippen molar-refractivity contribution in [1.29, 1.82) is 0 Å². The van der Waals surface area contributed by atoms with Crippen LogP contribution in [-0.4, -0.2) is 38.0 Å². The van der Waals surface area contributed by atoms with Crippen LogP contribution >= 0.6 is 0 Å². The molecule has 3 heterocycles. The van der Waals surface area contributed by atoms with Gasteiger partial charge >= 0.3 is 5.97 Å². The molecule has 1 N–H and O–H groups in total. The highest BCUT2D eigenvalue weighted by atomic mass is 16.5. The van der Waals surface area contributed by atoms with Crippen LogP contribution in [0.15, 0.2) is 24.5 Å². The number of pyridine rings is 1. The van der Waals surface area contributed by atoms with E-state index in [4.69, 9.17) is 0 Å². The second-order valence-electron chi connectivity index (χ2n) is 4.06. The van der Waals surface area contributed by atoms with Crippen molar-refractivity contribution in [2.75, 3.05) is 7.11 Å². The lowest BCUT2D eigenvalue weighted by atomic mass is 10.2. The van der Waals surface area contributed by atoms with Crippen molar-refractivity contribution < 1.29 is 9.53 Å². The third kappa shape index (κ3) is 1.85. The molecule has 0 unspecified atom stereocenters. The molecule has 0 aliphatic heterocycles. The minimum absolute atomic E-state index is 0.308. The van der Waals surface area contributed by atoms with Gasteiger partial charge in [0.15, 0.2) is 11.3 Å². The third-order valence-electron chi connectivity index (χ3n) is 2.81. The van der Waals surface area contributed by atoms with E-state index >= 15 is 0 Å². The highest BCUT2D eigenvalue weighted by molar-refractivity contribution is 6.01. The maximum atomic E-state index is 11.5. The molecule has 0 aliphatic carbocycles. The quantitative estimate of drug-likeness (QED) is 0.696. The van der Waals surface area contributed by atoms with E-state index in [0.717, 1.165) is 11.3 Å². The minimum atomic E-state index is -0.460. The van der Waals surface area contributed by atoms with Crippen LogP contribution in [0.4, 0.5) is 0 Å². The fourth-order valence-electron chi connectivity index (χ4n) is 1.87. The molecule has 0 saturated heterocycles. The molecule has 3 rings (SSSR count). The van der Waals surface area contributed by atoms with Gasteiger partial charge in [-0.3, -0.25) is 9.78 Å². The molecular formula is C12H11N5O2. The standard InChI is InChI=1S/C12H11N5O2/c1-17-6-7(5-13-17)9-4-3-8-10(12(18)19-2)15-16-11(8)14-9/h3-6H,1-2H3,(H,14,15,16). The summed E-state index contributed by atoms with van der Waals surface area (Å²) >= 11 is 0. The van der Waals surface area contributed by atoms with Crippen molar-refractivity contribution in [2.24, 2.45) is 7.05 Å². The third-order valence-corrected chi connectivity index (χ3v) is 2.81. The number of fused-ring (bicyclic) bond motifs is 1. The number of aromatic nitrogens is 5. The smallest absolute Gasteiger partial charge is 0.356 e. The number of aromatic amines is 1. The first-order chi connectivity index (χ1) is 9.19. The summed E-state index contributed by atoms with van der Waals surface area (Å²) in [5, 5.41) is 11.4. The Hall–Kier alpha value is -2.70. The molecule has 3 aromatic heterocycles. The molecule has 0 bridgehead atoms. The van der Waals surface area contributed by atoms with Crippen LogP contribution in [0.2, 0.25) is 0 Å². The van der Waals surface area contributed by atoms with Crippen LogP contribution in [0.1, 0.15) is 10.5 Å². The van der Waals surface area contributed by atoms with Crippen molar-refractivity contribution in [3.8, 4) is 11.3 Å². The molecule has 0 amide bonds. The number of nitrogens with zero attached hydrogens (tertiary/aromatic N) is 4. The molecule has 0 radical (unpaired) electrons. The SMILES string of the molecule is COC(=O)c1[nH]nc2nc(-c3cnn(C)c3)ccc12. The molecule has 19 heavy (non-hydrogen) atoms. The van der Waals surface area contributed by atoms with Gasteiger partial charge in [-0.2, -0.15) is 10.2 Å². The van der Waals surface area contributed by atoms with Gasteiger partial charge in [-0.15, -0.1) is 0 Å².